The Hall–Kier alpha value is -1.60. The fourth-order valence-electron chi connectivity index (χ4n) is 1.42. The maximum Gasteiger partial charge on any atom is 0.303 e. The van der Waals surface area contributed by atoms with Gasteiger partial charge in [-0.3, -0.25) is 19.6 Å². The standard InChI is InChI=1S/C12H16N2O4S/c15-12(16)4-2-1-3-9-13-19-11-7-5-10(6-8-11)14(17)18/h5-8,13H,1-4,9H2,(H,15,16). The number of nitrogens with zero attached hydrogens (tertiary/aromatic N) is 1. The van der Waals surface area contributed by atoms with Gasteiger partial charge in [-0.15, -0.1) is 0 Å². The SMILES string of the molecule is O=C(O)CCCCCNSc1ccc([N+](=O)[O-])cc1. The van der Waals surface area contributed by atoms with E-state index in [0.717, 1.165) is 24.3 Å². The molecule has 0 atom stereocenters. The van der Waals surface area contributed by atoms with E-state index < -0.39 is 10.9 Å². The second kappa shape index (κ2) is 8.49. The van der Waals surface area contributed by atoms with Crippen LogP contribution in [0, 0.1) is 10.1 Å². The molecule has 7 heteroatoms. The lowest BCUT2D eigenvalue weighted by molar-refractivity contribution is -0.384. The summed E-state index contributed by atoms with van der Waals surface area (Å²) in [5.41, 5.74) is 0.0815. The molecule has 0 saturated carbocycles. The number of nitrogens with one attached hydrogen (secondary N) is 1. The van der Waals surface area contributed by atoms with E-state index in [0.29, 0.717) is 6.42 Å². The molecule has 0 fully saturated rings. The van der Waals surface area contributed by atoms with Crippen molar-refractivity contribution in [2.45, 2.75) is 30.6 Å². The van der Waals surface area contributed by atoms with Gasteiger partial charge in [-0.05, 0) is 36.9 Å². The first-order valence-electron chi connectivity index (χ1n) is 5.95. The Morgan fingerprint density at radius 2 is 1.95 bits per heavy atom. The van der Waals surface area contributed by atoms with Gasteiger partial charge in [-0.2, -0.15) is 0 Å². The lowest BCUT2D eigenvalue weighted by atomic mass is 10.2. The summed E-state index contributed by atoms with van der Waals surface area (Å²) < 4.78 is 3.14. The van der Waals surface area contributed by atoms with Crippen LogP contribution < -0.4 is 4.72 Å². The van der Waals surface area contributed by atoms with Crippen LogP contribution in [0.3, 0.4) is 0 Å². The van der Waals surface area contributed by atoms with E-state index >= 15 is 0 Å². The van der Waals surface area contributed by atoms with Gasteiger partial charge in [0, 0.05) is 30.0 Å². The second-order valence-electron chi connectivity index (χ2n) is 3.95. The highest BCUT2D eigenvalue weighted by Gasteiger charge is 2.03. The van der Waals surface area contributed by atoms with E-state index in [4.69, 9.17) is 5.11 Å². The quantitative estimate of drug-likeness (QED) is 0.313. The average molecular weight is 284 g/mol. The minimum Gasteiger partial charge on any atom is -0.481 e. The molecule has 0 unspecified atom stereocenters. The van der Waals surface area contributed by atoms with Gasteiger partial charge in [0.25, 0.3) is 5.69 Å². The number of benzene rings is 1. The maximum atomic E-state index is 10.5. The van der Waals surface area contributed by atoms with Crippen molar-refractivity contribution in [2.75, 3.05) is 6.54 Å². The van der Waals surface area contributed by atoms with E-state index in [-0.39, 0.29) is 12.1 Å². The predicted octanol–water partition coefficient (Wildman–Crippen LogP) is 2.84. The molecule has 0 heterocycles. The van der Waals surface area contributed by atoms with Crippen LogP contribution >= 0.6 is 11.9 Å². The third kappa shape index (κ3) is 6.78. The fraction of sp³-hybridized carbons (Fsp3) is 0.417. The Morgan fingerprint density at radius 3 is 2.53 bits per heavy atom. The molecule has 0 radical (unpaired) electrons. The number of nitro benzene ring substituents is 1. The smallest absolute Gasteiger partial charge is 0.303 e. The lowest BCUT2D eigenvalue weighted by Crippen LogP contribution is -2.05. The number of carbonyl (C=O) groups is 1. The summed E-state index contributed by atoms with van der Waals surface area (Å²) in [4.78, 5) is 21.2. The van der Waals surface area contributed by atoms with E-state index in [1.807, 2.05) is 0 Å². The summed E-state index contributed by atoms with van der Waals surface area (Å²) in [6.45, 7) is 0.779. The van der Waals surface area contributed by atoms with Crippen molar-refractivity contribution in [3.8, 4) is 0 Å². The molecule has 0 aromatic heterocycles. The normalized spacial score (nSPS) is 10.3. The van der Waals surface area contributed by atoms with Crippen LogP contribution in [0.5, 0.6) is 0 Å². The zero-order valence-electron chi connectivity index (χ0n) is 10.4. The Morgan fingerprint density at radius 1 is 1.26 bits per heavy atom. The lowest BCUT2D eigenvalue weighted by Gasteiger charge is -2.03. The van der Waals surface area contributed by atoms with Gasteiger partial charge < -0.3 is 5.11 Å². The first-order valence-corrected chi connectivity index (χ1v) is 6.77. The first-order chi connectivity index (χ1) is 9.09. The molecule has 2 N–H and O–H groups in total. The Labute approximate surface area is 115 Å². The number of hydrogen-bond donors (Lipinski definition) is 2. The van der Waals surface area contributed by atoms with Crippen LogP contribution in [0.15, 0.2) is 29.2 Å². The van der Waals surface area contributed by atoms with Gasteiger partial charge in [-0.1, -0.05) is 6.42 Å². The summed E-state index contributed by atoms with van der Waals surface area (Å²) in [5.74, 6) is -0.756. The van der Waals surface area contributed by atoms with Crippen molar-refractivity contribution < 1.29 is 14.8 Å². The molecule has 0 aliphatic carbocycles. The Bertz CT molecular complexity index is 422. The molecule has 0 amide bonds. The second-order valence-corrected chi connectivity index (χ2v) is 4.92. The molecule has 0 spiro atoms. The molecule has 6 nitrogen and oxygen atoms in total. The van der Waals surface area contributed by atoms with Gasteiger partial charge in [0.15, 0.2) is 0 Å². The highest BCUT2D eigenvalue weighted by atomic mass is 32.2. The number of unbranched alkanes of at least 4 members (excludes halogenated alkanes) is 2. The summed E-state index contributed by atoms with van der Waals surface area (Å²) >= 11 is 1.42. The molecular formula is C12H16N2O4S. The molecule has 104 valence electrons. The zero-order valence-corrected chi connectivity index (χ0v) is 11.2. The summed E-state index contributed by atoms with van der Waals surface area (Å²) in [7, 11) is 0. The summed E-state index contributed by atoms with van der Waals surface area (Å²) in [5, 5.41) is 18.9. The molecule has 0 aliphatic rings. The molecular weight excluding hydrogens is 268 g/mol. The molecule has 1 aromatic carbocycles. The van der Waals surface area contributed by atoms with E-state index in [2.05, 4.69) is 4.72 Å². The Kier molecular flexibility index (Phi) is 6.91. The van der Waals surface area contributed by atoms with Crippen LogP contribution in [0.25, 0.3) is 0 Å². The summed E-state index contributed by atoms with van der Waals surface area (Å²) in [6, 6.07) is 6.33. The van der Waals surface area contributed by atoms with Crippen LogP contribution in [-0.2, 0) is 4.79 Å². The van der Waals surface area contributed by atoms with Crippen molar-refractivity contribution in [1.29, 1.82) is 0 Å². The van der Waals surface area contributed by atoms with E-state index in [1.54, 1.807) is 12.1 Å². The fourth-order valence-corrected chi connectivity index (χ4v) is 2.11. The van der Waals surface area contributed by atoms with Crippen LogP contribution in [0.4, 0.5) is 5.69 Å². The Balaban J connectivity index is 2.12. The zero-order chi connectivity index (χ0) is 14.1. The van der Waals surface area contributed by atoms with Crippen molar-refractivity contribution in [1.82, 2.24) is 4.72 Å². The number of aliphatic carboxylic acids is 1. The van der Waals surface area contributed by atoms with Crippen LogP contribution in [0.1, 0.15) is 25.7 Å². The van der Waals surface area contributed by atoms with Crippen molar-refractivity contribution in [3.05, 3.63) is 34.4 Å². The third-order valence-corrected chi connectivity index (χ3v) is 3.26. The van der Waals surface area contributed by atoms with Crippen molar-refractivity contribution >= 4 is 23.6 Å². The monoisotopic (exact) mass is 284 g/mol. The van der Waals surface area contributed by atoms with Gasteiger partial charge in [0.2, 0.25) is 0 Å². The van der Waals surface area contributed by atoms with Gasteiger partial charge in [0.05, 0.1) is 4.92 Å². The highest BCUT2D eigenvalue weighted by molar-refractivity contribution is 7.97. The number of carboxylic acids is 1. The van der Waals surface area contributed by atoms with Crippen molar-refractivity contribution in [3.63, 3.8) is 0 Å². The van der Waals surface area contributed by atoms with Crippen LogP contribution in [-0.4, -0.2) is 22.5 Å². The largest absolute Gasteiger partial charge is 0.481 e. The van der Waals surface area contributed by atoms with E-state index in [9.17, 15) is 14.9 Å². The number of rotatable bonds is 9. The van der Waals surface area contributed by atoms with Gasteiger partial charge >= 0.3 is 5.97 Å². The average Bonchev–Trinajstić information content (AvgIpc) is 2.38. The third-order valence-electron chi connectivity index (χ3n) is 2.41. The molecule has 0 aliphatic heterocycles. The van der Waals surface area contributed by atoms with E-state index in [1.165, 1.54) is 24.1 Å². The van der Waals surface area contributed by atoms with Gasteiger partial charge in [0.1, 0.15) is 0 Å². The highest BCUT2D eigenvalue weighted by Crippen LogP contribution is 2.18. The minimum absolute atomic E-state index is 0.0815. The molecule has 19 heavy (non-hydrogen) atoms. The topological polar surface area (TPSA) is 92.5 Å². The number of hydrogen-bond acceptors (Lipinski definition) is 5. The molecule has 1 rings (SSSR count). The van der Waals surface area contributed by atoms with Gasteiger partial charge in [-0.25, -0.2) is 0 Å². The summed E-state index contributed by atoms with van der Waals surface area (Å²) in [6.07, 6.45) is 2.70. The maximum absolute atomic E-state index is 10.5. The number of non-ortho nitro benzene ring substituents is 1. The number of carboxylic acid groups (broad SMARTS) is 1. The molecule has 1 aromatic rings. The first kappa shape index (κ1) is 15.5. The predicted molar refractivity (Wildman–Crippen MR) is 73.1 cm³/mol. The molecule has 0 saturated heterocycles. The number of nitro groups is 1. The molecule has 0 bridgehead atoms. The van der Waals surface area contributed by atoms with Crippen molar-refractivity contribution in [2.24, 2.45) is 0 Å². The van der Waals surface area contributed by atoms with Crippen LogP contribution in [0.2, 0.25) is 0 Å². The minimum atomic E-state index is -0.756.